The lowest BCUT2D eigenvalue weighted by atomic mass is 10.2. The molecule has 2 atom stereocenters. The van der Waals surface area contributed by atoms with E-state index in [9.17, 15) is 4.79 Å². The maximum absolute atomic E-state index is 11.2. The molecule has 0 radical (unpaired) electrons. The van der Waals surface area contributed by atoms with Gasteiger partial charge in [-0.15, -0.1) is 0 Å². The molecule has 2 unspecified atom stereocenters. The Kier molecular flexibility index (Phi) is 3.50. The molecular formula is C8H16N2O3. The van der Waals surface area contributed by atoms with Gasteiger partial charge in [-0.2, -0.15) is 0 Å². The summed E-state index contributed by atoms with van der Waals surface area (Å²) in [7, 11) is 1.38. The van der Waals surface area contributed by atoms with Crippen LogP contribution >= 0.6 is 0 Å². The molecule has 0 saturated carbocycles. The van der Waals surface area contributed by atoms with Crippen LogP contribution in [0.3, 0.4) is 0 Å². The number of rotatable bonds is 1. The van der Waals surface area contributed by atoms with Crippen molar-refractivity contribution in [2.24, 2.45) is 5.73 Å². The van der Waals surface area contributed by atoms with Gasteiger partial charge in [0, 0.05) is 6.54 Å². The second-order valence-corrected chi connectivity index (χ2v) is 3.16. The van der Waals surface area contributed by atoms with Crippen LogP contribution in [0.5, 0.6) is 0 Å². The lowest BCUT2D eigenvalue weighted by Gasteiger charge is -2.36. The van der Waals surface area contributed by atoms with Gasteiger partial charge in [0.25, 0.3) is 0 Å². The Morgan fingerprint density at radius 1 is 1.77 bits per heavy atom. The molecule has 1 fully saturated rings. The number of morpholine rings is 1. The van der Waals surface area contributed by atoms with Crippen LogP contribution in [0.4, 0.5) is 4.79 Å². The van der Waals surface area contributed by atoms with Gasteiger partial charge in [-0.1, -0.05) is 0 Å². The molecule has 1 heterocycles. The van der Waals surface area contributed by atoms with Gasteiger partial charge >= 0.3 is 6.09 Å². The highest BCUT2D eigenvalue weighted by Crippen LogP contribution is 2.11. The first-order chi connectivity index (χ1) is 6.19. The average Bonchev–Trinajstić information content (AvgIpc) is 2.17. The number of carbonyl (C=O) groups is 1. The Labute approximate surface area is 77.8 Å². The SMILES string of the molecule is COC(=O)N1CC(CN)OCC1C. The molecule has 0 spiro atoms. The quantitative estimate of drug-likeness (QED) is 0.619. The largest absolute Gasteiger partial charge is 0.453 e. The third-order valence-corrected chi connectivity index (χ3v) is 2.18. The smallest absolute Gasteiger partial charge is 0.409 e. The summed E-state index contributed by atoms with van der Waals surface area (Å²) in [6.07, 6.45) is -0.371. The zero-order valence-corrected chi connectivity index (χ0v) is 8.03. The number of nitrogens with two attached hydrogens (primary N) is 1. The van der Waals surface area contributed by atoms with Gasteiger partial charge in [0.15, 0.2) is 0 Å². The van der Waals surface area contributed by atoms with Crippen molar-refractivity contribution < 1.29 is 14.3 Å². The second kappa shape index (κ2) is 4.43. The van der Waals surface area contributed by atoms with Crippen molar-refractivity contribution in [3.8, 4) is 0 Å². The van der Waals surface area contributed by atoms with Crippen molar-refractivity contribution in [1.29, 1.82) is 0 Å². The Morgan fingerprint density at radius 2 is 2.46 bits per heavy atom. The normalized spacial score (nSPS) is 28.7. The van der Waals surface area contributed by atoms with E-state index in [1.165, 1.54) is 7.11 Å². The van der Waals surface area contributed by atoms with Crippen LogP contribution in [0, 0.1) is 0 Å². The van der Waals surface area contributed by atoms with E-state index in [2.05, 4.69) is 4.74 Å². The van der Waals surface area contributed by atoms with Gasteiger partial charge in [0.05, 0.1) is 32.4 Å². The molecule has 0 aromatic carbocycles. The maximum atomic E-state index is 11.2. The minimum Gasteiger partial charge on any atom is -0.453 e. The van der Waals surface area contributed by atoms with Crippen LogP contribution in [0.2, 0.25) is 0 Å². The third-order valence-electron chi connectivity index (χ3n) is 2.18. The summed E-state index contributed by atoms with van der Waals surface area (Å²) in [5, 5.41) is 0. The Hall–Kier alpha value is -0.810. The van der Waals surface area contributed by atoms with Gasteiger partial charge in [-0.3, -0.25) is 0 Å². The topological polar surface area (TPSA) is 64.8 Å². The molecule has 5 nitrogen and oxygen atoms in total. The molecule has 1 aliphatic rings. The summed E-state index contributed by atoms with van der Waals surface area (Å²) >= 11 is 0. The summed E-state index contributed by atoms with van der Waals surface area (Å²) in [6.45, 7) is 3.39. The van der Waals surface area contributed by atoms with Crippen LogP contribution in [-0.4, -0.2) is 49.9 Å². The van der Waals surface area contributed by atoms with Gasteiger partial charge in [-0.25, -0.2) is 4.79 Å². The van der Waals surface area contributed by atoms with Crippen LogP contribution in [0.15, 0.2) is 0 Å². The molecule has 1 amide bonds. The van der Waals surface area contributed by atoms with Crippen LogP contribution in [0.25, 0.3) is 0 Å². The number of amides is 1. The minimum atomic E-state index is -0.311. The van der Waals surface area contributed by atoms with Gasteiger partial charge in [0.2, 0.25) is 0 Å². The monoisotopic (exact) mass is 188 g/mol. The Bertz CT molecular complexity index is 186. The summed E-state index contributed by atoms with van der Waals surface area (Å²) in [6, 6.07) is 0.0650. The van der Waals surface area contributed by atoms with E-state index in [-0.39, 0.29) is 18.2 Å². The van der Waals surface area contributed by atoms with Crippen LogP contribution in [0.1, 0.15) is 6.92 Å². The Balaban J connectivity index is 2.54. The molecule has 76 valence electrons. The fourth-order valence-electron chi connectivity index (χ4n) is 1.33. The van der Waals surface area contributed by atoms with E-state index < -0.39 is 0 Å². The molecule has 0 bridgehead atoms. The molecular weight excluding hydrogens is 172 g/mol. The predicted molar refractivity (Wildman–Crippen MR) is 47.4 cm³/mol. The van der Waals surface area contributed by atoms with E-state index >= 15 is 0 Å². The molecule has 1 saturated heterocycles. The molecule has 0 aromatic heterocycles. The molecule has 2 N–H and O–H groups in total. The van der Waals surface area contributed by atoms with Gasteiger partial charge in [-0.05, 0) is 6.92 Å². The summed E-state index contributed by atoms with van der Waals surface area (Å²) in [5.74, 6) is 0. The van der Waals surface area contributed by atoms with E-state index in [0.29, 0.717) is 19.7 Å². The van der Waals surface area contributed by atoms with Crippen molar-refractivity contribution in [3.63, 3.8) is 0 Å². The van der Waals surface area contributed by atoms with Crippen molar-refractivity contribution in [3.05, 3.63) is 0 Å². The number of methoxy groups -OCH3 is 1. The van der Waals surface area contributed by atoms with Gasteiger partial charge in [0.1, 0.15) is 0 Å². The van der Waals surface area contributed by atoms with Crippen molar-refractivity contribution in [1.82, 2.24) is 4.90 Å². The Morgan fingerprint density at radius 3 is 3.00 bits per heavy atom. The van der Waals surface area contributed by atoms with Crippen molar-refractivity contribution >= 4 is 6.09 Å². The number of ether oxygens (including phenoxy) is 2. The lowest BCUT2D eigenvalue weighted by Crippen LogP contribution is -2.52. The first-order valence-corrected chi connectivity index (χ1v) is 4.35. The van der Waals surface area contributed by atoms with E-state index in [0.717, 1.165) is 0 Å². The van der Waals surface area contributed by atoms with E-state index in [1.807, 2.05) is 6.92 Å². The zero-order chi connectivity index (χ0) is 9.84. The third kappa shape index (κ3) is 2.32. The first-order valence-electron chi connectivity index (χ1n) is 4.35. The predicted octanol–water partition coefficient (Wildman–Crippen LogP) is -0.199. The molecule has 0 aliphatic carbocycles. The summed E-state index contributed by atoms with van der Waals surface area (Å²) in [4.78, 5) is 12.9. The maximum Gasteiger partial charge on any atom is 0.409 e. The van der Waals surface area contributed by atoms with E-state index in [4.69, 9.17) is 10.5 Å². The number of carbonyl (C=O) groups excluding carboxylic acids is 1. The molecule has 5 heteroatoms. The fourth-order valence-corrected chi connectivity index (χ4v) is 1.33. The van der Waals surface area contributed by atoms with Crippen LogP contribution < -0.4 is 5.73 Å². The minimum absolute atomic E-state index is 0.0599. The lowest BCUT2D eigenvalue weighted by molar-refractivity contribution is -0.0466. The summed E-state index contributed by atoms with van der Waals surface area (Å²) < 4.78 is 10.0. The molecule has 1 aliphatic heterocycles. The standard InChI is InChI=1S/C8H16N2O3/c1-6-5-13-7(3-9)4-10(6)8(11)12-2/h6-7H,3-5,9H2,1-2H3. The zero-order valence-electron chi connectivity index (χ0n) is 8.03. The molecule has 1 rings (SSSR count). The van der Waals surface area contributed by atoms with Crippen molar-refractivity contribution in [2.75, 3.05) is 26.8 Å². The molecule has 13 heavy (non-hydrogen) atoms. The summed E-state index contributed by atoms with van der Waals surface area (Å²) in [5.41, 5.74) is 5.45. The van der Waals surface area contributed by atoms with E-state index in [1.54, 1.807) is 4.90 Å². The number of hydrogen-bond acceptors (Lipinski definition) is 4. The highest BCUT2D eigenvalue weighted by molar-refractivity contribution is 5.68. The fraction of sp³-hybridized carbons (Fsp3) is 0.875. The van der Waals surface area contributed by atoms with Crippen molar-refractivity contribution in [2.45, 2.75) is 19.1 Å². The van der Waals surface area contributed by atoms with Crippen LogP contribution in [-0.2, 0) is 9.47 Å². The first kappa shape index (κ1) is 10.3. The highest BCUT2D eigenvalue weighted by atomic mass is 16.5. The molecule has 0 aromatic rings. The number of nitrogens with zero attached hydrogens (tertiary/aromatic N) is 1. The highest BCUT2D eigenvalue weighted by Gasteiger charge is 2.29. The second-order valence-electron chi connectivity index (χ2n) is 3.16. The average molecular weight is 188 g/mol. The van der Waals surface area contributed by atoms with Gasteiger partial charge < -0.3 is 20.1 Å². The number of hydrogen-bond donors (Lipinski definition) is 1.